The fourth-order valence-corrected chi connectivity index (χ4v) is 3.45. The zero-order valence-corrected chi connectivity index (χ0v) is 14.0. The van der Waals surface area contributed by atoms with Crippen LogP contribution in [0.2, 0.25) is 0 Å². The first-order valence-electron chi connectivity index (χ1n) is 7.61. The third-order valence-corrected chi connectivity index (χ3v) is 5.10. The van der Waals surface area contributed by atoms with Gasteiger partial charge in [-0.2, -0.15) is 0 Å². The van der Waals surface area contributed by atoms with Crippen molar-refractivity contribution in [2.75, 3.05) is 13.6 Å². The molecule has 0 saturated heterocycles. The van der Waals surface area contributed by atoms with Gasteiger partial charge in [-0.15, -0.1) is 11.3 Å². The minimum atomic E-state index is 0.0996. The molecule has 1 heterocycles. The first-order chi connectivity index (χ1) is 10.1. The molecule has 0 spiro atoms. The van der Waals surface area contributed by atoms with Crippen molar-refractivity contribution in [3.8, 4) is 0 Å². The lowest BCUT2D eigenvalue weighted by molar-refractivity contribution is 0.210. The third-order valence-electron chi connectivity index (χ3n) is 4.20. The van der Waals surface area contributed by atoms with Crippen molar-refractivity contribution in [3.63, 3.8) is 0 Å². The van der Waals surface area contributed by atoms with E-state index in [2.05, 4.69) is 67.6 Å². The van der Waals surface area contributed by atoms with E-state index in [-0.39, 0.29) is 6.04 Å². The normalized spacial score (nSPS) is 15.9. The van der Waals surface area contributed by atoms with Crippen molar-refractivity contribution in [2.45, 2.75) is 32.4 Å². The van der Waals surface area contributed by atoms with Gasteiger partial charge in [-0.1, -0.05) is 43.3 Å². The van der Waals surface area contributed by atoms with E-state index >= 15 is 0 Å². The Kier molecular flexibility index (Phi) is 5.97. The quantitative estimate of drug-likeness (QED) is 0.839. The Hall–Kier alpha value is -1.16. The minimum absolute atomic E-state index is 0.0996. The Morgan fingerprint density at radius 2 is 1.81 bits per heavy atom. The molecule has 3 unspecified atom stereocenters. The Bertz CT molecular complexity index is 509. The molecule has 2 rings (SSSR count). The number of benzene rings is 1. The molecule has 0 radical (unpaired) electrons. The van der Waals surface area contributed by atoms with Gasteiger partial charge < -0.3 is 10.6 Å². The summed E-state index contributed by atoms with van der Waals surface area (Å²) < 4.78 is 0. The Morgan fingerprint density at radius 3 is 2.43 bits per heavy atom. The maximum absolute atomic E-state index is 6.40. The molecule has 1 aromatic heterocycles. The molecule has 0 fully saturated rings. The third kappa shape index (κ3) is 4.67. The van der Waals surface area contributed by atoms with Crippen molar-refractivity contribution in [3.05, 3.63) is 58.3 Å². The van der Waals surface area contributed by atoms with Crippen LogP contribution in [0, 0.1) is 5.92 Å². The molecule has 2 aromatic rings. The largest absolute Gasteiger partial charge is 0.324 e. The van der Waals surface area contributed by atoms with Gasteiger partial charge in [0.15, 0.2) is 0 Å². The van der Waals surface area contributed by atoms with Crippen LogP contribution in [0.25, 0.3) is 0 Å². The molecule has 2 nitrogen and oxygen atoms in total. The van der Waals surface area contributed by atoms with Crippen LogP contribution < -0.4 is 5.73 Å². The van der Waals surface area contributed by atoms with Crippen LogP contribution >= 0.6 is 11.3 Å². The van der Waals surface area contributed by atoms with Gasteiger partial charge in [0.1, 0.15) is 0 Å². The second-order valence-electron chi connectivity index (χ2n) is 5.99. The monoisotopic (exact) mass is 302 g/mol. The van der Waals surface area contributed by atoms with Crippen molar-refractivity contribution >= 4 is 11.3 Å². The predicted molar refractivity (Wildman–Crippen MR) is 92.6 cm³/mol. The van der Waals surface area contributed by atoms with Crippen LogP contribution in [0.3, 0.4) is 0 Å². The number of rotatable bonds is 7. The van der Waals surface area contributed by atoms with E-state index in [4.69, 9.17) is 5.73 Å². The molecule has 2 N–H and O–H groups in total. The number of hydrogen-bond donors (Lipinski definition) is 1. The summed E-state index contributed by atoms with van der Waals surface area (Å²) in [5.74, 6) is 0.434. The van der Waals surface area contributed by atoms with Crippen LogP contribution in [0.4, 0.5) is 0 Å². The van der Waals surface area contributed by atoms with Gasteiger partial charge in [0, 0.05) is 23.5 Å². The van der Waals surface area contributed by atoms with Crippen LogP contribution in [-0.4, -0.2) is 24.5 Å². The lowest BCUT2D eigenvalue weighted by Crippen LogP contribution is -2.37. The summed E-state index contributed by atoms with van der Waals surface area (Å²) in [5.41, 5.74) is 7.62. The molecule has 0 aliphatic carbocycles. The SMILES string of the molecule is CC(CN(C)C(C)Cc1cccs1)C(N)c1ccccc1. The molecule has 0 bridgehead atoms. The highest BCUT2D eigenvalue weighted by atomic mass is 32.1. The van der Waals surface area contributed by atoms with Crippen molar-refractivity contribution < 1.29 is 0 Å². The van der Waals surface area contributed by atoms with Crippen LogP contribution in [-0.2, 0) is 6.42 Å². The Balaban J connectivity index is 1.87. The van der Waals surface area contributed by atoms with Gasteiger partial charge in [-0.05, 0) is 43.3 Å². The topological polar surface area (TPSA) is 29.3 Å². The summed E-state index contributed by atoms with van der Waals surface area (Å²) in [6.45, 7) is 5.55. The first-order valence-corrected chi connectivity index (χ1v) is 8.49. The average molecular weight is 302 g/mol. The lowest BCUT2D eigenvalue weighted by atomic mass is 9.94. The highest BCUT2D eigenvalue weighted by Crippen LogP contribution is 2.21. The molecule has 0 saturated carbocycles. The van der Waals surface area contributed by atoms with Gasteiger partial charge in [-0.25, -0.2) is 0 Å². The maximum atomic E-state index is 6.40. The summed E-state index contributed by atoms with van der Waals surface area (Å²) in [5, 5.41) is 2.15. The maximum Gasteiger partial charge on any atom is 0.0333 e. The number of nitrogens with two attached hydrogens (primary N) is 1. The molecule has 114 valence electrons. The molecule has 0 aliphatic rings. The van der Waals surface area contributed by atoms with Gasteiger partial charge in [0.2, 0.25) is 0 Å². The van der Waals surface area contributed by atoms with Gasteiger partial charge in [-0.3, -0.25) is 0 Å². The highest BCUT2D eigenvalue weighted by molar-refractivity contribution is 7.09. The summed E-state index contributed by atoms with van der Waals surface area (Å²) in [6.07, 6.45) is 1.11. The second-order valence-corrected chi connectivity index (χ2v) is 7.02. The van der Waals surface area contributed by atoms with Crippen LogP contribution in [0.1, 0.15) is 30.3 Å². The molecule has 3 heteroatoms. The Morgan fingerprint density at radius 1 is 1.10 bits per heavy atom. The molecule has 0 aliphatic heterocycles. The van der Waals surface area contributed by atoms with E-state index in [1.54, 1.807) is 0 Å². The molecule has 21 heavy (non-hydrogen) atoms. The van der Waals surface area contributed by atoms with E-state index < -0.39 is 0 Å². The number of nitrogens with zero attached hydrogens (tertiary/aromatic N) is 1. The summed E-state index contributed by atoms with van der Waals surface area (Å²) in [7, 11) is 2.20. The van der Waals surface area contributed by atoms with E-state index in [0.717, 1.165) is 13.0 Å². The van der Waals surface area contributed by atoms with Crippen molar-refractivity contribution in [1.82, 2.24) is 4.90 Å². The minimum Gasteiger partial charge on any atom is -0.324 e. The van der Waals surface area contributed by atoms with Gasteiger partial charge in [0.05, 0.1) is 0 Å². The first kappa shape index (κ1) is 16.2. The molecule has 0 amide bonds. The number of thiophene rings is 1. The van der Waals surface area contributed by atoms with Crippen LogP contribution in [0.5, 0.6) is 0 Å². The fraction of sp³-hybridized carbons (Fsp3) is 0.444. The number of hydrogen-bond acceptors (Lipinski definition) is 3. The predicted octanol–water partition coefficient (Wildman–Crippen LogP) is 3.95. The van der Waals surface area contributed by atoms with Crippen molar-refractivity contribution in [1.29, 1.82) is 0 Å². The molecular weight excluding hydrogens is 276 g/mol. The Labute approximate surface area is 132 Å². The zero-order valence-electron chi connectivity index (χ0n) is 13.2. The lowest BCUT2D eigenvalue weighted by Gasteiger charge is -2.30. The van der Waals surface area contributed by atoms with Crippen molar-refractivity contribution in [2.24, 2.45) is 11.7 Å². The zero-order chi connectivity index (χ0) is 15.2. The second kappa shape index (κ2) is 7.74. The summed E-state index contributed by atoms with van der Waals surface area (Å²) in [4.78, 5) is 3.88. The van der Waals surface area contributed by atoms with Crippen LogP contribution in [0.15, 0.2) is 47.8 Å². The van der Waals surface area contributed by atoms with E-state index in [9.17, 15) is 0 Å². The van der Waals surface area contributed by atoms with Gasteiger partial charge in [0.25, 0.3) is 0 Å². The summed E-state index contributed by atoms with van der Waals surface area (Å²) in [6, 6.07) is 15.4. The summed E-state index contributed by atoms with van der Waals surface area (Å²) >= 11 is 1.84. The van der Waals surface area contributed by atoms with E-state index in [1.807, 2.05) is 17.4 Å². The fourth-order valence-electron chi connectivity index (χ4n) is 2.63. The van der Waals surface area contributed by atoms with E-state index in [1.165, 1.54) is 10.4 Å². The van der Waals surface area contributed by atoms with E-state index in [0.29, 0.717) is 12.0 Å². The standard InChI is InChI=1S/C18H26N2S/c1-14(18(19)16-8-5-4-6-9-16)13-20(3)15(2)12-17-10-7-11-21-17/h4-11,14-15,18H,12-13,19H2,1-3H3. The highest BCUT2D eigenvalue weighted by Gasteiger charge is 2.19. The molecule has 3 atom stereocenters. The smallest absolute Gasteiger partial charge is 0.0333 e. The molecule has 1 aromatic carbocycles. The average Bonchev–Trinajstić information content (AvgIpc) is 3.00. The molecular formula is C18H26N2S. The van der Waals surface area contributed by atoms with Gasteiger partial charge >= 0.3 is 0 Å². The number of likely N-dealkylation sites (N-methyl/N-ethyl adjacent to an activating group) is 1.